The van der Waals surface area contributed by atoms with Crippen LogP contribution < -0.4 is 4.72 Å². The zero-order chi connectivity index (χ0) is 15.3. The maximum Gasteiger partial charge on any atom is 0.250 e. The van der Waals surface area contributed by atoms with E-state index < -0.39 is 22.2 Å². The van der Waals surface area contributed by atoms with Crippen molar-refractivity contribution in [1.82, 2.24) is 4.72 Å². The summed E-state index contributed by atoms with van der Waals surface area (Å²) >= 11 is 6.76. The number of aliphatic hydroxyl groups is 1. The van der Waals surface area contributed by atoms with Gasteiger partial charge in [0.2, 0.25) is 10.0 Å². The molecule has 0 radical (unpaired) electrons. The number of nitrogens with one attached hydrogen (secondary N) is 1. The topological polar surface area (TPSA) is 66.4 Å². The van der Waals surface area contributed by atoms with Gasteiger partial charge in [0.15, 0.2) is 0 Å². The van der Waals surface area contributed by atoms with E-state index in [9.17, 15) is 13.5 Å². The molecule has 0 amide bonds. The molecule has 3 atom stereocenters. The number of halogens is 1. The normalized spacial score (nSPS) is 16.6. The van der Waals surface area contributed by atoms with Crippen molar-refractivity contribution in [3.63, 3.8) is 0 Å². The van der Waals surface area contributed by atoms with Crippen molar-refractivity contribution in [1.29, 1.82) is 0 Å². The number of hydrogen-bond acceptors (Lipinski definition) is 4. The van der Waals surface area contributed by atoms with Crippen molar-refractivity contribution in [2.24, 2.45) is 5.92 Å². The highest BCUT2D eigenvalue weighted by atomic mass is 35.5. The van der Waals surface area contributed by atoms with Crippen LogP contribution in [0.1, 0.15) is 26.7 Å². The summed E-state index contributed by atoms with van der Waals surface area (Å²) in [7, 11) is -3.67. The van der Waals surface area contributed by atoms with Gasteiger partial charge >= 0.3 is 0 Å². The molecule has 114 valence electrons. The van der Waals surface area contributed by atoms with Crippen LogP contribution in [-0.2, 0) is 10.0 Å². The summed E-state index contributed by atoms with van der Waals surface area (Å²) in [6.45, 7) is 7.43. The van der Waals surface area contributed by atoms with Gasteiger partial charge in [-0.3, -0.25) is 0 Å². The van der Waals surface area contributed by atoms with E-state index in [1.165, 1.54) is 6.07 Å². The molecule has 1 heterocycles. The zero-order valence-electron chi connectivity index (χ0n) is 11.5. The molecule has 7 heteroatoms. The molecule has 0 aliphatic carbocycles. The molecule has 1 unspecified atom stereocenters. The van der Waals surface area contributed by atoms with E-state index in [0.717, 1.165) is 17.8 Å². The molecule has 20 heavy (non-hydrogen) atoms. The first-order chi connectivity index (χ1) is 9.31. The Kier molecular flexibility index (Phi) is 6.68. The third-order valence-corrected chi connectivity index (χ3v) is 6.37. The second-order valence-corrected chi connectivity index (χ2v) is 8.34. The first-order valence-corrected chi connectivity index (χ1v) is 9.06. The summed E-state index contributed by atoms with van der Waals surface area (Å²) in [5.41, 5.74) is 0. The van der Waals surface area contributed by atoms with Gasteiger partial charge < -0.3 is 5.11 Å². The van der Waals surface area contributed by atoms with Gasteiger partial charge in [0.05, 0.1) is 16.5 Å². The number of thiophene rings is 1. The van der Waals surface area contributed by atoms with E-state index in [2.05, 4.69) is 11.3 Å². The van der Waals surface area contributed by atoms with E-state index >= 15 is 0 Å². The molecule has 0 bridgehead atoms. The van der Waals surface area contributed by atoms with Gasteiger partial charge in [-0.25, -0.2) is 13.1 Å². The highest BCUT2D eigenvalue weighted by Gasteiger charge is 2.29. The van der Waals surface area contributed by atoms with Gasteiger partial charge in [-0.05, 0) is 24.5 Å². The third kappa shape index (κ3) is 4.56. The first-order valence-electron chi connectivity index (χ1n) is 6.38. The Morgan fingerprint density at radius 2 is 2.20 bits per heavy atom. The van der Waals surface area contributed by atoms with E-state index in [1.807, 2.05) is 13.8 Å². The predicted molar refractivity (Wildman–Crippen MR) is 83.7 cm³/mol. The van der Waals surface area contributed by atoms with E-state index in [0.29, 0.717) is 10.8 Å². The molecule has 0 aliphatic heterocycles. The lowest BCUT2D eigenvalue weighted by molar-refractivity contribution is 0.114. The predicted octanol–water partition coefficient (Wildman–Crippen LogP) is 3.03. The lowest BCUT2D eigenvalue weighted by atomic mass is 9.94. The highest BCUT2D eigenvalue weighted by molar-refractivity contribution is 7.91. The Balaban J connectivity index is 2.96. The third-order valence-electron chi connectivity index (χ3n) is 3.18. The smallest absolute Gasteiger partial charge is 0.250 e. The average molecular weight is 338 g/mol. The van der Waals surface area contributed by atoms with Crippen LogP contribution in [0.4, 0.5) is 0 Å². The Morgan fingerprint density at radius 1 is 1.55 bits per heavy atom. The second kappa shape index (κ2) is 7.56. The van der Waals surface area contributed by atoms with E-state index in [4.69, 9.17) is 11.6 Å². The SMILES string of the molecule is C=CCC(O)[C@@H](NS(=O)(=O)c1ccc(Cl)s1)[C@@H](C)CC. The van der Waals surface area contributed by atoms with Crippen LogP contribution in [0.5, 0.6) is 0 Å². The van der Waals surface area contributed by atoms with E-state index in [-0.39, 0.29) is 10.1 Å². The van der Waals surface area contributed by atoms with Crippen LogP contribution in [0.15, 0.2) is 29.0 Å². The Hall–Kier alpha value is -0.400. The molecule has 0 fully saturated rings. The average Bonchev–Trinajstić information content (AvgIpc) is 2.83. The molecule has 1 aromatic rings. The molecule has 2 N–H and O–H groups in total. The molecule has 1 aromatic heterocycles. The van der Waals surface area contributed by atoms with Crippen molar-refractivity contribution in [2.75, 3.05) is 0 Å². The van der Waals surface area contributed by atoms with Crippen LogP contribution >= 0.6 is 22.9 Å². The van der Waals surface area contributed by atoms with Gasteiger partial charge in [0, 0.05) is 0 Å². The molecule has 0 spiro atoms. The number of rotatable bonds is 8. The monoisotopic (exact) mass is 337 g/mol. The summed E-state index contributed by atoms with van der Waals surface area (Å²) in [5.74, 6) is 0.00941. The maximum atomic E-state index is 12.3. The van der Waals surface area contributed by atoms with Crippen LogP contribution in [0.2, 0.25) is 4.34 Å². The molecule has 4 nitrogen and oxygen atoms in total. The minimum absolute atomic E-state index is 0.00941. The molecule has 0 saturated heterocycles. The first kappa shape index (κ1) is 17.7. The zero-order valence-corrected chi connectivity index (χ0v) is 13.9. The summed E-state index contributed by atoms with van der Waals surface area (Å²) in [6.07, 6.45) is 1.87. The molecule has 0 aromatic carbocycles. The van der Waals surface area contributed by atoms with Crippen LogP contribution in [0, 0.1) is 5.92 Å². The van der Waals surface area contributed by atoms with Gasteiger partial charge in [0.25, 0.3) is 0 Å². The number of hydrogen-bond donors (Lipinski definition) is 2. The molecule has 0 saturated carbocycles. The Morgan fingerprint density at radius 3 is 2.65 bits per heavy atom. The van der Waals surface area contributed by atoms with Crippen molar-refractivity contribution >= 4 is 33.0 Å². The van der Waals surface area contributed by atoms with Crippen LogP contribution in [-0.4, -0.2) is 25.7 Å². The van der Waals surface area contributed by atoms with Crippen molar-refractivity contribution in [3.8, 4) is 0 Å². The number of aliphatic hydroxyl groups excluding tert-OH is 1. The minimum Gasteiger partial charge on any atom is -0.391 e. The molecular weight excluding hydrogens is 318 g/mol. The fraction of sp³-hybridized carbons (Fsp3) is 0.538. The van der Waals surface area contributed by atoms with Crippen molar-refractivity contribution < 1.29 is 13.5 Å². The van der Waals surface area contributed by atoms with Gasteiger partial charge in [-0.1, -0.05) is 37.9 Å². The minimum atomic E-state index is -3.67. The fourth-order valence-corrected chi connectivity index (χ4v) is 4.70. The van der Waals surface area contributed by atoms with Crippen molar-refractivity contribution in [3.05, 3.63) is 29.1 Å². The van der Waals surface area contributed by atoms with Crippen molar-refractivity contribution in [2.45, 2.75) is 43.0 Å². The van der Waals surface area contributed by atoms with Gasteiger partial charge in [0.1, 0.15) is 4.21 Å². The van der Waals surface area contributed by atoms with E-state index in [1.54, 1.807) is 12.1 Å². The largest absolute Gasteiger partial charge is 0.391 e. The highest BCUT2D eigenvalue weighted by Crippen LogP contribution is 2.26. The fourth-order valence-electron chi connectivity index (χ4n) is 1.82. The molecular formula is C13H20ClNO3S2. The quantitative estimate of drug-likeness (QED) is 0.716. The lowest BCUT2D eigenvalue weighted by Crippen LogP contribution is -2.46. The summed E-state index contributed by atoms with van der Waals surface area (Å²) in [5, 5.41) is 10.1. The van der Waals surface area contributed by atoms with Gasteiger partial charge in [-0.15, -0.1) is 17.9 Å². The molecule has 1 rings (SSSR count). The van der Waals surface area contributed by atoms with Crippen LogP contribution in [0.25, 0.3) is 0 Å². The van der Waals surface area contributed by atoms with Gasteiger partial charge in [-0.2, -0.15) is 0 Å². The van der Waals surface area contributed by atoms with Crippen LogP contribution in [0.3, 0.4) is 0 Å². The lowest BCUT2D eigenvalue weighted by Gasteiger charge is -2.28. The second-order valence-electron chi connectivity index (χ2n) is 4.68. The molecule has 0 aliphatic rings. The Labute approximate surface area is 129 Å². The summed E-state index contributed by atoms with van der Waals surface area (Å²) in [6, 6.07) is 2.45. The number of sulfonamides is 1. The Bertz CT molecular complexity index is 542. The standard InChI is InChI=1S/C13H20ClNO3S2/c1-4-6-10(16)13(9(3)5-2)15-20(17,18)12-8-7-11(14)19-12/h4,7-10,13,15-16H,1,5-6H2,2-3H3/t9-,10?,13-/m0/s1. The maximum absolute atomic E-state index is 12.3. The summed E-state index contributed by atoms with van der Waals surface area (Å²) in [4.78, 5) is 0. The summed E-state index contributed by atoms with van der Waals surface area (Å²) < 4.78 is 27.7.